The fraction of sp³-hybridized carbons (Fsp3) is 0.0667. The molecule has 19 heavy (non-hydrogen) atoms. The van der Waals surface area contributed by atoms with E-state index in [2.05, 4.69) is 0 Å². The smallest absolute Gasteiger partial charge is 0.178 e. The Bertz CT molecular complexity index is 672. The van der Waals surface area contributed by atoms with E-state index in [1.807, 2.05) is 0 Å². The van der Waals surface area contributed by atoms with E-state index in [0.29, 0.717) is 26.7 Å². The summed E-state index contributed by atoms with van der Waals surface area (Å²) in [5.74, 6) is -1.31. The number of fused-ring (bicyclic) bond motifs is 1. The predicted molar refractivity (Wildman–Crippen MR) is 74.3 cm³/mol. The van der Waals surface area contributed by atoms with Crippen LogP contribution in [0.15, 0.2) is 42.5 Å². The van der Waals surface area contributed by atoms with Gasteiger partial charge in [0.2, 0.25) is 0 Å². The summed E-state index contributed by atoms with van der Waals surface area (Å²) in [6, 6.07) is 11.6. The Hall–Kier alpha value is -1.64. The summed E-state index contributed by atoms with van der Waals surface area (Å²) < 4.78 is 0. The number of hydrogen-bond donors (Lipinski definition) is 0. The lowest BCUT2D eigenvalue weighted by atomic mass is 9.94. The van der Waals surface area contributed by atoms with Crippen LogP contribution in [-0.4, -0.2) is 11.6 Å². The van der Waals surface area contributed by atoms with Crippen molar-refractivity contribution in [2.24, 2.45) is 0 Å². The van der Waals surface area contributed by atoms with Gasteiger partial charge in [-0.1, -0.05) is 47.5 Å². The summed E-state index contributed by atoms with van der Waals surface area (Å²) in [6.45, 7) is 0. The molecule has 1 aliphatic carbocycles. The number of carbonyl (C=O) groups excluding carboxylic acids is 2. The molecule has 0 amide bonds. The topological polar surface area (TPSA) is 34.1 Å². The van der Waals surface area contributed by atoms with Gasteiger partial charge < -0.3 is 0 Å². The van der Waals surface area contributed by atoms with Crippen LogP contribution in [-0.2, 0) is 0 Å². The van der Waals surface area contributed by atoms with Crippen molar-refractivity contribution >= 4 is 34.8 Å². The Labute approximate surface area is 120 Å². The maximum Gasteiger partial charge on any atom is 0.178 e. The first-order valence-electron chi connectivity index (χ1n) is 5.72. The maximum absolute atomic E-state index is 12.3. The lowest BCUT2D eigenvalue weighted by Gasteiger charge is -2.09. The minimum Gasteiger partial charge on any atom is -0.293 e. The van der Waals surface area contributed by atoms with E-state index in [-0.39, 0.29) is 11.6 Å². The second-order valence-electron chi connectivity index (χ2n) is 4.37. The van der Waals surface area contributed by atoms with Crippen LogP contribution in [0, 0.1) is 0 Å². The summed E-state index contributed by atoms with van der Waals surface area (Å²) >= 11 is 12.0. The number of Topliss-reactive ketones (excluding diaryl/α,β-unsaturated/α-hetero) is 2. The highest BCUT2D eigenvalue weighted by Crippen LogP contribution is 2.37. The summed E-state index contributed by atoms with van der Waals surface area (Å²) in [5.41, 5.74) is 1.38. The molecule has 0 aliphatic heterocycles. The van der Waals surface area contributed by atoms with Crippen molar-refractivity contribution < 1.29 is 9.59 Å². The van der Waals surface area contributed by atoms with Gasteiger partial charge >= 0.3 is 0 Å². The molecule has 2 aromatic carbocycles. The maximum atomic E-state index is 12.3. The largest absolute Gasteiger partial charge is 0.293 e. The van der Waals surface area contributed by atoms with Gasteiger partial charge in [0.25, 0.3) is 0 Å². The highest BCUT2D eigenvalue weighted by molar-refractivity contribution is 6.36. The van der Waals surface area contributed by atoms with E-state index in [9.17, 15) is 9.59 Å². The van der Waals surface area contributed by atoms with Crippen molar-refractivity contribution in [3.63, 3.8) is 0 Å². The molecule has 3 rings (SSSR count). The van der Waals surface area contributed by atoms with Crippen molar-refractivity contribution in [2.45, 2.75) is 5.92 Å². The van der Waals surface area contributed by atoms with E-state index in [0.717, 1.165) is 0 Å². The van der Waals surface area contributed by atoms with Crippen LogP contribution in [0.1, 0.15) is 32.2 Å². The number of benzene rings is 2. The second-order valence-corrected chi connectivity index (χ2v) is 5.22. The molecule has 0 spiro atoms. The molecule has 0 aromatic heterocycles. The summed E-state index contributed by atoms with van der Waals surface area (Å²) in [5, 5.41) is 0.833. The molecule has 0 saturated carbocycles. The van der Waals surface area contributed by atoms with E-state index >= 15 is 0 Å². The van der Waals surface area contributed by atoms with Crippen molar-refractivity contribution in [3.05, 3.63) is 69.2 Å². The first-order valence-corrected chi connectivity index (χ1v) is 6.47. The van der Waals surface area contributed by atoms with Gasteiger partial charge in [0.1, 0.15) is 5.92 Å². The first kappa shape index (κ1) is 12.4. The van der Waals surface area contributed by atoms with Gasteiger partial charge in [0, 0.05) is 21.2 Å². The number of ketones is 2. The third-order valence-corrected chi connectivity index (χ3v) is 3.83. The van der Waals surface area contributed by atoms with Gasteiger partial charge in [0.15, 0.2) is 11.6 Å². The number of hydrogen-bond acceptors (Lipinski definition) is 2. The molecule has 2 aromatic rings. The van der Waals surface area contributed by atoms with Crippen LogP contribution in [0.5, 0.6) is 0 Å². The van der Waals surface area contributed by atoms with Gasteiger partial charge in [-0.25, -0.2) is 0 Å². The monoisotopic (exact) mass is 290 g/mol. The quantitative estimate of drug-likeness (QED) is 0.739. The first-order chi connectivity index (χ1) is 9.09. The van der Waals surface area contributed by atoms with E-state index < -0.39 is 5.92 Å². The molecular formula is C15H8Cl2O2. The number of carbonyl (C=O) groups is 2. The summed E-state index contributed by atoms with van der Waals surface area (Å²) in [6.07, 6.45) is 0. The van der Waals surface area contributed by atoms with Gasteiger partial charge in [-0.3, -0.25) is 9.59 Å². The average molecular weight is 291 g/mol. The third kappa shape index (κ3) is 1.88. The van der Waals surface area contributed by atoms with Crippen LogP contribution in [0.25, 0.3) is 0 Å². The highest BCUT2D eigenvalue weighted by atomic mass is 35.5. The van der Waals surface area contributed by atoms with Crippen molar-refractivity contribution in [1.29, 1.82) is 0 Å². The molecular weight excluding hydrogens is 283 g/mol. The molecule has 94 valence electrons. The molecule has 0 unspecified atom stereocenters. The van der Waals surface area contributed by atoms with Crippen LogP contribution in [0.4, 0.5) is 0 Å². The molecule has 0 atom stereocenters. The zero-order valence-electron chi connectivity index (χ0n) is 9.69. The van der Waals surface area contributed by atoms with Gasteiger partial charge in [-0.05, 0) is 23.8 Å². The Morgan fingerprint density at radius 3 is 2.00 bits per heavy atom. The van der Waals surface area contributed by atoms with Crippen molar-refractivity contribution in [3.8, 4) is 0 Å². The molecule has 0 saturated heterocycles. The lowest BCUT2D eigenvalue weighted by Crippen LogP contribution is -2.13. The van der Waals surface area contributed by atoms with Gasteiger partial charge in [-0.15, -0.1) is 0 Å². The molecule has 0 radical (unpaired) electrons. The van der Waals surface area contributed by atoms with E-state index in [4.69, 9.17) is 23.2 Å². The van der Waals surface area contributed by atoms with Crippen molar-refractivity contribution in [1.82, 2.24) is 0 Å². The Morgan fingerprint density at radius 2 is 1.42 bits per heavy atom. The fourth-order valence-electron chi connectivity index (χ4n) is 2.36. The minimum absolute atomic E-state index is 0.218. The Balaban J connectivity index is 2.17. The van der Waals surface area contributed by atoms with Crippen LogP contribution in [0.2, 0.25) is 10.0 Å². The number of rotatable bonds is 1. The van der Waals surface area contributed by atoms with Gasteiger partial charge in [-0.2, -0.15) is 0 Å². The van der Waals surface area contributed by atoms with E-state index in [1.54, 1.807) is 42.5 Å². The zero-order chi connectivity index (χ0) is 13.6. The van der Waals surface area contributed by atoms with Crippen molar-refractivity contribution in [2.75, 3.05) is 0 Å². The van der Waals surface area contributed by atoms with E-state index in [1.165, 1.54) is 0 Å². The Kier molecular flexibility index (Phi) is 2.92. The standard InChI is InChI=1S/C15H8Cl2O2/c16-8-5-6-12(17)11(7-8)13-14(18)9-3-1-2-4-10(9)15(13)19/h1-7,13H. The van der Waals surface area contributed by atoms with Crippen LogP contribution < -0.4 is 0 Å². The highest BCUT2D eigenvalue weighted by Gasteiger charge is 2.40. The number of halogens is 2. The third-order valence-electron chi connectivity index (χ3n) is 3.25. The molecule has 0 bridgehead atoms. The second kappa shape index (κ2) is 4.48. The minimum atomic E-state index is -0.872. The molecule has 0 heterocycles. The molecule has 0 N–H and O–H groups in total. The summed E-state index contributed by atoms with van der Waals surface area (Å²) in [4.78, 5) is 24.7. The van der Waals surface area contributed by atoms with Gasteiger partial charge in [0.05, 0.1) is 0 Å². The van der Waals surface area contributed by atoms with Crippen LogP contribution in [0.3, 0.4) is 0 Å². The molecule has 4 heteroatoms. The fourth-order valence-corrected chi connectivity index (χ4v) is 2.77. The average Bonchev–Trinajstić information content (AvgIpc) is 2.66. The predicted octanol–water partition coefficient (Wildman–Crippen LogP) is 4.16. The lowest BCUT2D eigenvalue weighted by molar-refractivity contribution is 0.0890. The zero-order valence-corrected chi connectivity index (χ0v) is 11.2. The molecule has 0 fully saturated rings. The summed E-state index contributed by atoms with van der Waals surface area (Å²) in [7, 11) is 0. The Morgan fingerprint density at radius 1 is 0.842 bits per heavy atom. The molecule has 2 nitrogen and oxygen atoms in total. The normalized spacial score (nSPS) is 14.8. The molecule has 1 aliphatic rings. The van der Waals surface area contributed by atoms with Crippen LogP contribution >= 0.6 is 23.2 Å². The SMILES string of the molecule is O=C1c2ccccc2C(=O)C1c1cc(Cl)ccc1Cl.